The van der Waals surface area contributed by atoms with Crippen LogP contribution in [0.25, 0.3) is 10.8 Å². The van der Waals surface area contributed by atoms with Crippen molar-refractivity contribution in [1.82, 2.24) is 4.90 Å². The Morgan fingerprint density at radius 3 is 2.47 bits per heavy atom. The highest BCUT2D eigenvalue weighted by Crippen LogP contribution is 2.19. The minimum atomic E-state index is -0.397. The molecule has 19 heavy (non-hydrogen) atoms. The highest BCUT2D eigenvalue weighted by Gasteiger charge is 2.21. The summed E-state index contributed by atoms with van der Waals surface area (Å²) in [7, 11) is 0. The van der Waals surface area contributed by atoms with Crippen molar-refractivity contribution in [3.63, 3.8) is 0 Å². The number of benzene rings is 1. The molecule has 0 atom stereocenters. The van der Waals surface area contributed by atoms with Crippen molar-refractivity contribution < 1.29 is 9.21 Å². The van der Waals surface area contributed by atoms with Crippen LogP contribution < -0.4 is 5.63 Å². The lowest BCUT2D eigenvalue weighted by molar-refractivity contribution is 0.0724. The predicted molar refractivity (Wildman–Crippen MR) is 72.2 cm³/mol. The van der Waals surface area contributed by atoms with Gasteiger partial charge in [-0.3, -0.25) is 4.79 Å². The first-order valence-corrected chi connectivity index (χ1v) is 6.57. The summed E-state index contributed by atoms with van der Waals surface area (Å²) < 4.78 is 4.98. The topological polar surface area (TPSA) is 50.5 Å². The minimum absolute atomic E-state index is 0.0420. The van der Waals surface area contributed by atoms with E-state index >= 15 is 0 Å². The van der Waals surface area contributed by atoms with Crippen LogP contribution >= 0.6 is 0 Å². The van der Waals surface area contributed by atoms with E-state index in [-0.39, 0.29) is 5.91 Å². The lowest BCUT2D eigenvalue weighted by atomic mass is 10.1. The average molecular weight is 257 g/mol. The Hall–Kier alpha value is -2.10. The van der Waals surface area contributed by atoms with E-state index in [9.17, 15) is 9.59 Å². The van der Waals surface area contributed by atoms with Crippen molar-refractivity contribution in [2.24, 2.45) is 0 Å². The van der Waals surface area contributed by atoms with Crippen molar-refractivity contribution in [3.8, 4) is 0 Å². The maximum absolute atomic E-state index is 12.5. The molecule has 2 aromatic rings. The number of fused-ring (bicyclic) bond motifs is 1. The van der Waals surface area contributed by atoms with Gasteiger partial charge in [-0.15, -0.1) is 0 Å². The second kappa shape index (κ2) is 4.88. The molecule has 1 aromatic carbocycles. The molecule has 1 aliphatic rings. The molecular formula is C15H15NO3. The normalized spacial score (nSPS) is 15.7. The van der Waals surface area contributed by atoms with Gasteiger partial charge in [0, 0.05) is 18.5 Å². The van der Waals surface area contributed by atoms with Crippen LogP contribution in [0, 0.1) is 0 Å². The monoisotopic (exact) mass is 257 g/mol. The molecule has 1 aromatic heterocycles. The summed E-state index contributed by atoms with van der Waals surface area (Å²) in [6.07, 6.45) is 4.55. The van der Waals surface area contributed by atoms with E-state index in [4.69, 9.17) is 4.42 Å². The van der Waals surface area contributed by atoms with Crippen molar-refractivity contribution in [3.05, 3.63) is 46.5 Å². The van der Waals surface area contributed by atoms with Crippen LogP contribution in [0.5, 0.6) is 0 Å². The number of amides is 1. The summed E-state index contributed by atoms with van der Waals surface area (Å²) in [6.45, 7) is 1.57. The first kappa shape index (κ1) is 12.0. The third kappa shape index (κ3) is 2.14. The van der Waals surface area contributed by atoms with Crippen molar-refractivity contribution >= 4 is 16.7 Å². The van der Waals surface area contributed by atoms with Gasteiger partial charge in [0.05, 0.1) is 10.9 Å². The molecular weight excluding hydrogens is 242 g/mol. The predicted octanol–water partition coefficient (Wildman–Crippen LogP) is 2.42. The third-order valence-electron chi connectivity index (χ3n) is 3.59. The lowest BCUT2D eigenvalue weighted by Crippen LogP contribution is -2.35. The molecule has 0 unspecified atom stereocenters. The molecule has 1 fully saturated rings. The zero-order valence-corrected chi connectivity index (χ0v) is 10.6. The Labute approximate surface area is 110 Å². The molecule has 0 spiro atoms. The molecule has 0 bridgehead atoms. The van der Waals surface area contributed by atoms with Crippen LogP contribution in [0.1, 0.15) is 29.6 Å². The van der Waals surface area contributed by atoms with Gasteiger partial charge < -0.3 is 9.32 Å². The van der Waals surface area contributed by atoms with E-state index < -0.39 is 5.63 Å². The van der Waals surface area contributed by atoms with Gasteiger partial charge in [0.15, 0.2) is 0 Å². The van der Waals surface area contributed by atoms with E-state index in [2.05, 4.69) is 0 Å². The Morgan fingerprint density at radius 2 is 1.74 bits per heavy atom. The highest BCUT2D eigenvalue weighted by molar-refractivity contribution is 6.06. The van der Waals surface area contributed by atoms with E-state index in [1.807, 2.05) is 11.0 Å². The van der Waals surface area contributed by atoms with Crippen LogP contribution in [-0.2, 0) is 0 Å². The fraction of sp³-hybridized carbons (Fsp3) is 0.333. The smallest absolute Gasteiger partial charge is 0.343 e. The SMILES string of the molecule is O=C(c1coc(=O)c2ccccc12)N1CCCCC1. The molecule has 0 aliphatic carbocycles. The maximum atomic E-state index is 12.5. The quantitative estimate of drug-likeness (QED) is 0.788. The Kier molecular flexibility index (Phi) is 3.07. The average Bonchev–Trinajstić information content (AvgIpc) is 2.48. The molecule has 0 saturated carbocycles. The van der Waals surface area contributed by atoms with Gasteiger partial charge in [-0.25, -0.2) is 4.79 Å². The Morgan fingerprint density at radius 1 is 1.05 bits per heavy atom. The second-order valence-electron chi connectivity index (χ2n) is 4.84. The molecule has 0 radical (unpaired) electrons. The molecule has 0 N–H and O–H groups in total. The van der Waals surface area contributed by atoms with Gasteiger partial charge in [-0.1, -0.05) is 18.2 Å². The fourth-order valence-corrected chi connectivity index (χ4v) is 2.57. The van der Waals surface area contributed by atoms with Gasteiger partial charge in [-0.2, -0.15) is 0 Å². The van der Waals surface area contributed by atoms with Gasteiger partial charge in [0.25, 0.3) is 5.91 Å². The number of piperidine rings is 1. The first-order valence-electron chi connectivity index (χ1n) is 6.57. The van der Waals surface area contributed by atoms with E-state index in [1.54, 1.807) is 18.2 Å². The van der Waals surface area contributed by atoms with Gasteiger partial charge in [0.2, 0.25) is 0 Å². The van der Waals surface area contributed by atoms with Crippen LogP contribution in [0.2, 0.25) is 0 Å². The van der Waals surface area contributed by atoms with Crippen molar-refractivity contribution in [1.29, 1.82) is 0 Å². The number of nitrogens with zero attached hydrogens (tertiary/aromatic N) is 1. The molecule has 3 rings (SSSR count). The number of carbonyl (C=O) groups excluding carboxylic acids is 1. The number of rotatable bonds is 1. The van der Waals surface area contributed by atoms with Gasteiger partial charge >= 0.3 is 5.63 Å². The molecule has 1 saturated heterocycles. The Bertz CT molecular complexity index is 668. The molecule has 1 aliphatic heterocycles. The van der Waals surface area contributed by atoms with E-state index in [1.165, 1.54) is 12.7 Å². The summed E-state index contributed by atoms with van der Waals surface area (Å²) in [5.41, 5.74) is 0.0860. The minimum Gasteiger partial charge on any atom is -0.430 e. The molecule has 4 heteroatoms. The summed E-state index contributed by atoms with van der Waals surface area (Å²) >= 11 is 0. The summed E-state index contributed by atoms with van der Waals surface area (Å²) in [6, 6.07) is 7.08. The van der Waals surface area contributed by atoms with Gasteiger partial charge in [-0.05, 0) is 25.3 Å². The van der Waals surface area contributed by atoms with Gasteiger partial charge in [0.1, 0.15) is 6.26 Å². The van der Waals surface area contributed by atoms with Crippen LogP contribution in [0.15, 0.2) is 39.7 Å². The van der Waals surface area contributed by atoms with E-state index in [0.29, 0.717) is 16.3 Å². The first-order chi connectivity index (χ1) is 9.27. The highest BCUT2D eigenvalue weighted by atomic mass is 16.4. The molecule has 98 valence electrons. The standard InChI is InChI=1S/C15H15NO3/c17-14(16-8-4-1-5-9-16)13-10-19-15(18)12-7-3-2-6-11(12)13/h2-3,6-7,10H,1,4-5,8-9H2. The number of likely N-dealkylation sites (tertiary alicyclic amines) is 1. The van der Waals surface area contributed by atoms with Crippen LogP contribution in [-0.4, -0.2) is 23.9 Å². The molecule has 4 nitrogen and oxygen atoms in total. The van der Waals surface area contributed by atoms with E-state index in [0.717, 1.165) is 25.9 Å². The zero-order chi connectivity index (χ0) is 13.2. The third-order valence-corrected chi connectivity index (χ3v) is 3.59. The number of hydrogen-bond acceptors (Lipinski definition) is 3. The molecule has 1 amide bonds. The van der Waals surface area contributed by atoms with Crippen molar-refractivity contribution in [2.75, 3.05) is 13.1 Å². The second-order valence-corrected chi connectivity index (χ2v) is 4.84. The van der Waals surface area contributed by atoms with Crippen molar-refractivity contribution in [2.45, 2.75) is 19.3 Å². The fourth-order valence-electron chi connectivity index (χ4n) is 2.57. The molecule has 2 heterocycles. The largest absolute Gasteiger partial charge is 0.430 e. The Balaban J connectivity index is 2.07. The summed E-state index contributed by atoms with van der Waals surface area (Å²) in [5, 5.41) is 1.14. The lowest BCUT2D eigenvalue weighted by Gasteiger charge is -2.26. The maximum Gasteiger partial charge on any atom is 0.343 e. The summed E-state index contributed by atoms with van der Waals surface area (Å²) in [4.78, 5) is 26.0. The van der Waals surface area contributed by atoms with Crippen LogP contribution in [0.3, 0.4) is 0 Å². The number of hydrogen-bond donors (Lipinski definition) is 0. The number of carbonyl (C=O) groups is 1. The zero-order valence-electron chi connectivity index (χ0n) is 10.6. The van der Waals surface area contributed by atoms with Crippen LogP contribution in [0.4, 0.5) is 0 Å². The summed E-state index contributed by atoms with van der Waals surface area (Å²) in [5.74, 6) is -0.0420.